The first-order chi connectivity index (χ1) is 17.4. The van der Waals surface area contributed by atoms with E-state index in [1.165, 1.54) is 0 Å². The highest BCUT2D eigenvalue weighted by Crippen LogP contribution is 2.40. The van der Waals surface area contributed by atoms with Crippen molar-refractivity contribution in [3.8, 4) is 5.75 Å². The number of rotatable bonds is 9. The molecule has 7 nitrogen and oxygen atoms in total. The van der Waals surface area contributed by atoms with E-state index in [9.17, 15) is 14.7 Å². The van der Waals surface area contributed by atoms with Crippen molar-refractivity contribution in [1.82, 2.24) is 9.80 Å². The molecule has 2 aromatic rings. The van der Waals surface area contributed by atoms with Crippen LogP contribution < -0.4 is 4.74 Å². The molecule has 0 spiro atoms. The van der Waals surface area contributed by atoms with E-state index >= 15 is 0 Å². The number of ketones is 1. The third kappa shape index (κ3) is 5.64. The van der Waals surface area contributed by atoms with Gasteiger partial charge in [-0.1, -0.05) is 36.4 Å². The first-order valence-electron chi connectivity index (χ1n) is 12.1. The summed E-state index contributed by atoms with van der Waals surface area (Å²) in [6.45, 7) is 10.2. The number of Topliss-reactive ketones (excluding diaryl/α,β-unsaturated/α-hetero) is 1. The van der Waals surface area contributed by atoms with Crippen LogP contribution in [0.1, 0.15) is 29.2 Å². The van der Waals surface area contributed by atoms with Crippen LogP contribution in [-0.2, 0) is 14.3 Å². The highest BCUT2D eigenvalue weighted by Gasteiger charge is 2.45. The lowest BCUT2D eigenvalue weighted by molar-refractivity contribution is -0.140. The molecule has 2 aromatic carbocycles. The maximum atomic E-state index is 13.2. The van der Waals surface area contributed by atoms with Crippen molar-refractivity contribution in [3.63, 3.8) is 0 Å². The van der Waals surface area contributed by atoms with Gasteiger partial charge in [0.25, 0.3) is 11.7 Å². The number of hydrogen-bond donors (Lipinski definition) is 1. The van der Waals surface area contributed by atoms with Gasteiger partial charge < -0.3 is 19.5 Å². The smallest absolute Gasteiger partial charge is 0.295 e. The Kier molecular flexibility index (Phi) is 8.46. The Morgan fingerprint density at radius 2 is 1.89 bits per heavy atom. The van der Waals surface area contributed by atoms with Gasteiger partial charge in [-0.15, -0.1) is 0 Å². The SMILES string of the molecule is C=CCOc1ccc(/C(O)=C2\C(=O)C(=O)N(CCCN3CCOCC3)C2c2ccc(Cl)cc2)cc1C. The van der Waals surface area contributed by atoms with Gasteiger partial charge in [0, 0.05) is 36.8 Å². The Labute approximate surface area is 216 Å². The second-order valence-corrected chi connectivity index (χ2v) is 9.37. The molecule has 0 aliphatic carbocycles. The van der Waals surface area contributed by atoms with Crippen LogP contribution in [0.5, 0.6) is 5.75 Å². The van der Waals surface area contributed by atoms with E-state index in [1.807, 2.05) is 6.92 Å². The molecule has 8 heteroatoms. The van der Waals surface area contributed by atoms with Gasteiger partial charge >= 0.3 is 0 Å². The minimum atomic E-state index is -0.705. The average Bonchev–Trinajstić information content (AvgIpc) is 3.13. The van der Waals surface area contributed by atoms with Crippen molar-refractivity contribution >= 4 is 29.1 Å². The molecular weight excluding hydrogens is 480 g/mol. The summed E-state index contributed by atoms with van der Waals surface area (Å²) in [5.74, 6) is -0.851. The van der Waals surface area contributed by atoms with Crippen LogP contribution in [0.25, 0.3) is 5.76 Å². The molecule has 2 fully saturated rings. The fourth-order valence-electron chi connectivity index (χ4n) is 4.65. The van der Waals surface area contributed by atoms with Gasteiger partial charge in [0.15, 0.2) is 0 Å². The first kappa shape index (κ1) is 25.9. The number of carbonyl (C=O) groups excluding carboxylic acids is 2. The predicted octanol–water partition coefficient (Wildman–Crippen LogP) is 4.36. The maximum absolute atomic E-state index is 13.2. The highest BCUT2D eigenvalue weighted by molar-refractivity contribution is 6.46. The summed E-state index contributed by atoms with van der Waals surface area (Å²) >= 11 is 6.10. The number of hydrogen-bond acceptors (Lipinski definition) is 6. The summed E-state index contributed by atoms with van der Waals surface area (Å²) in [4.78, 5) is 30.3. The Morgan fingerprint density at radius 1 is 1.17 bits per heavy atom. The van der Waals surface area contributed by atoms with Crippen molar-refractivity contribution in [1.29, 1.82) is 0 Å². The fourth-order valence-corrected chi connectivity index (χ4v) is 4.78. The molecule has 36 heavy (non-hydrogen) atoms. The van der Waals surface area contributed by atoms with E-state index in [2.05, 4.69) is 11.5 Å². The van der Waals surface area contributed by atoms with Crippen LogP contribution in [0.3, 0.4) is 0 Å². The third-order valence-corrected chi connectivity index (χ3v) is 6.76. The minimum Gasteiger partial charge on any atom is -0.507 e. The summed E-state index contributed by atoms with van der Waals surface area (Å²) in [7, 11) is 0. The molecule has 2 aliphatic heterocycles. The maximum Gasteiger partial charge on any atom is 0.295 e. The van der Waals surface area contributed by atoms with Crippen LogP contribution in [0.15, 0.2) is 60.7 Å². The summed E-state index contributed by atoms with van der Waals surface area (Å²) in [6, 6.07) is 11.5. The second-order valence-electron chi connectivity index (χ2n) is 8.93. The minimum absolute atomic E-state index is 0.0767. The third-order valence-electron chi connectivity index (χ3n) is 6.51. The van der Waals surface area contributed by atoms with Crippen molar-refractivity contribution in [2.75, 3.05) is 46.0 Å². The average molecular weight is 511 g/mol. The topological polar surface area (TPSA) is 79.3 Å². The zero-order valence-corrected chi connectivity index (χ0v) is 21.2. The quantitative estimate of drug-likeness (QED) is 0.234. The van der Waals surface area contributed by atoms with Crippen molar-refractivity contribution < 1.29 is 24.2 Å². The van der Waals surface area contributed by atoms with Gasteiger partial charge in [-0.3, -0.25) is 14.5 Å². The molecule has 2 saturated heterocycles. The normalized spacial score (nSPS) is 20.1. The number of carbonyl (C=O) groups is 2. The van der Waals surface area contributed by atoms with Gasteiger partial charge in [0.05, 0.1) is 24.8 Å². The van der Waals surface area contributed by atoms with Crippen LogP contribution in [0.4, 0.5) is 0 Å². The molecule has 1 unspecified atom stereocenters. The summed E-state index contributed by atoms with van der Waals surface area (Å²) < 4.78 is 11.0. The fraction of sp³-hybridized carbons (Fsp3) is 0.357. The second kappa shape index (κ2) is 11.7. The Bertz CT molecular complexity index is 1160. The number of benzene rings is 2. The van der Waals surface area contributed by atoms with Crippen LogP contribution >= 0.6 is 11.6 Å². The van der Waals surface area contributed by atoms with E-state index in [0.29, 0.717) is 54.7 Å². The standard InChI is InChI=1S/C28H31ClN2O5/c1-3-15-36-23-10-7-21(18-19(23)2)26(32)24-25(20-5-8-22(29)9-6-20)31(28(34)27(24)33)12-4-11-30-13-16-35-17-14-30/h3,5-10,18,25,32H,1,4,11-17H2,2H3/b26-24+. The first-order valence-corrected chi connectivity index (χ1v) is 12.5. The number of amides is 1. The lowest BCUT2D eigenvalue weighted by atomic mass is 9.94. The van der Waals surface area contributed by atoms with E-state index in [0.717, 1.165) is 25.2 Å². The van der Waals surface area contributed by atoms with Gasteiger partial charge in [0.2, 0.25) is 0 Å². The zero-order valence-electron chi connectivity index (χ0n) is 20.4. The molecule has 2 aliphatic rings. The van der Waals surface area contributed by atoms with E-state index in [1.54, 1.807) is 53.4 Å². The lowest BCUT2D eigenvalue weighted by Gasteiger charge is -2.29. The summed E-state index contributed by atoms with van der Waals surface area (Å²) in [5, 5.41) is 11.9. The molecule has 0 saturated carbocycles. The Balaban J connectivity index is 1.66. The predicted molar refractivity (Wildman–Crippen MR) is 139 cm³/mol. The number of halogens is 1. The number of aliphatic hydroxyl groups is 1. The molecule has 0 radical (unpaired) electrons. The number of morpholine rings is 1. The number of aliphatic hydroxyl groups excluding tert-OH is 1. The van der Waals surface area contributed by atoms with E-state index in [-0.39, 0.29) is 11.3 Å². The molecule has 0 bridgehead atoms. The zero-order chi connectivity index (χ0) is 25.7. The lowest BCUT2D eigenvalue weighted by Crippen LogP contribution is -2.38. The van der Waals surface area contributed by atoms with Crippen molar-refractivity contribution in [3.05, 3.63) is 82.4 Å². The van der Waals surface area contributed by atoms with Crippen molar-refractivity contribution in [2.45, 2.75) is 19.4 Å². The molecule has 2 heterocycles. The molecule has 4 rings (SSSR count). The molecule has 1 atom stereocenters. The van der Waals surface area contributed by atoms with Crippen LogP contribution in [0.2, 0.25) is 5.02 Å². The van der Waals surface area contributed by atoms with E-state index < -0.39 is 17.7 Å². The van der Waals surface area contributed by atoms with E-state index in [4.69, 9.17) is 21.1 Å². The van der Waals surface area contributed by atoms with Gasteiger partial charge in [-0.2, -0.15) is 0 Å². The van der Waals surface area contributed by atoms with Gasteiger partial charge in [-0.25, -0.2) is 0 Å². The summed E-state index contributed by atoms with van der Waals surface area (Å²) in [6.07, 6.45) is 2.35. The highest BCUT2D eigenvalue weighted by atomic mass is 35.5. The van der Waals surface area contributed by atoms with Crippen LogP contribution in [-0.4, -0.2) is 72.6 Å². The number of ether oxygens (including phenoxy) is 2. The Hall–Kier alpha value is -3.13. The summed E-state index contributed by atoms with van der Waals surface area (Å²) in [5.41, 5.74) is 2.04. The largest absolute Gasteiger partial charge is 0.507 e. The van der Waals surface area contributed by atoms with Gasteiger partial charge in [-0.05, 0) is 54.8 Å². The Morgan fingerprint density at radius 3 is 2.56 bits per heavy atom. The van der Waals surface area contributed by atoms with Gasteiger partial charge in [0.1, 0.15) is 18.1 Å². The molecule has 1 N–H and O–H groups in total. The monoisotopic (exact) mass is 510 g/mol. The number of aryl methyl sites for hydroxylation is 1. The number of likely N-dealkylation sites (tertiary alicyclic amines) is 1. The molecule has 0 aromatic heterocycles. The van der Waals surface area contributed by atoms with Crippen molar-refractivity contribution in [2.24, 2.45) is 0 Å². The van der Waals surface area contributed by atoms with Crippen LogP contribution in [0, 0.1) is 6.92 Å². The molecule has 1 amide bonds. The molecular formula is C28H31ClN2O5. The molecule has 190 valence electrons. The number of nitrogens with zero attached hydrogens (tertiary/aromatic N) is 2.